The molecule has 35 heavy (non-hydrogen) atoms. The van der Waals surface area contributed by atoms with Crippen molar-refractivity contribution in [1.29, 1.82) is 0 Å². The van der Waals surface area contributed by atoms with Gasteiger partial charge in [-0.15, -0.1) is 0 Å². The average molecular weight is 484 g/mol. The van der Waals surface area contributed by atoms with Crippen molar-refractivity contribution in [2.45, 2.75) is 70.3 Å². The molecule has 2 fully saturated rings. The Morgan fingerprint density at radius 2 is 1.94 bits per heavy atom. The number of hydrogen-bond acceptors (Lipinski definition) is 5. The smallest absolute Gasteiger partial charge is 0.248 e. The van der Waals surface area contributed by atoms with Crippen LogP contribution in [0.5, 0.6) is 0 Å². The summed E-state index contributed by atoms with van der Waals surface area (Å²) in [5, 5.41) is 6.93. The first kappa shape index (κ1) is 25.2. The third-order valence-corrected chi connectivity index (χ3v) is 7.81. The second-order valence-electron chi connectivity index (χ2n) is 9.89. The Balaban J connectivity index is 1.70. The number of methoxy groups -OCH3 is 1. The summed E-state index contributed by atoms with van der Waals surface area (Å²) in [5.41, 5.74) is 3.32. The number of H-pyrrole nitrogens is 1. The van der Waals surface area contributed by atoms with E-state index in [-0.39, 0.29) is 35.7 Å². The van der Waals surface area contributed by atoms with Gasteiger partial charge in [-0.25, -0.2) is 0 Å². The van der Waals surface area contributed by atoms with Crippen molar-refractivity contribution < 1.29 is 19.1 Å². The highest BCUT2D eigenvalue weighted by Crippen LogP contribution is 2.43. The Bertz CT molecular complexity index is 1110. The fourth-order valence-corrected chi connectivity index (χ4v) is 5.65. The summed E-state index contributed by atoms with van der Waals surface area (Å²) in [6, 6.07) is 4.80. The molecule has 190 valence electrons. The molecule has 4 rings (SSSR count). The molecule has 2 aromatic rings. The van der Waals surface area contributed by atoms with E-state index in [0.717, 1.165) is 22.0 Å². The molecule has 0 unspecified atom stereocenters. The van der Waals surface area contributed by atoms with E-state index in [1.807, 2.05) is 16.0 Å². The monoisotopic (exact) mass is 483 g/mol. The minimum Gasteiger partial charge on any atom is -0.379 e. The average Bonchev–Trinajstić information content (AvgIpc) is 3.54. The minimum atomic E-state index is -0.820. The lowest BCUT2D eigenvalue weighted by Gasteiger charge is -2.34. The number of amides is 3. The first-order valence-corrected chi connectivity index (χ1v) is 12.3. The Morgan fingerprint density at radius 1 is 1.20 bits per heavy atom. The predicted molar refractivity (Wildman–Crippen MR) is 134 cm³/mol. The third-order valence-electron chi connectivity index (χ3n) is 7.81. The van der Waals surface area contributed by atoms with Gasteiger partial charge in [0.25, 0.3) is 0 Å². The summed E-state index contributed by atoms with van der Waals surface area (Å²) >= 11 is 0. The summed E-state index contributed by atoms with van der Waals surface area (Å²) in [4.78, 5) is 46.3. The van der Waals surface area contributed by atoms with Gasteiger partial charge in [-0.05, 0) is 51.9 Å². The number of carbonyl (C=O) groups excluding carboxylic acids is 3. The van der Waals surface area contributed by atoms with Crippen LogP contribution in [0.4, 0.5) is 0 Å². The highest BCUT2D eigenvalue weighted by molar-refractivity contribution is 5.91. The Morgan fingerprint density at radius 3 is 2.60 bits per heavy atom. The van der Waals surface area contributed by atoms with Gasteiger partial charge in [0.05, 0.1) is 24.2 Å². The van der Waals surface area contributed by atoms with Crippen LogP contribution >= 0.6 is 0 Å². The molecule has 3 heterocycles. The molecule has 3 N–H and O–H groups in total. The van der Waals surface area contributed by atoms with Gasteiger partial charge in [0.2, 0.25) is 17.7 Å². The lowest BCUT2D eigenvalue weighted by molar-refractivity contribution is -0.141. The topological polar surface area (TPSA) is 107 Å². The maximum absolute atomic E-state index is 13.9. The number of aromatic nitrogens is 1. The normalized spacial score (nSPS) is 24.3. The highest BCUT2D eigenvalue weighted by atomic mass is 16.5. The summed E-state index contributed by atoms with van der Waals surface area (Å²) < 4.78 is 5.50. The van der Waals surface area contributed by atoms with Crippen LogP contribution in [-0.2, 0) is 19.1 Å². The molecule has 2 aliphatic rings. The van der Waals surface area contributed by atoms with Crippen molar-refractivity contribution in [2.75, 3.05) is 27.2 Å². The number of likely N-dealkylation sites (tertiary alicyclic amines) is 2. The summed E-state index contributed by atoms with van der Waals surface area (Å²) in [6.45, 7) is 8.28. The Kier molecular flexibility index (Phi) is 7.19. The van der Waals surface area contributed by atoms with Crippen LogP contribution < -0.4 is 10.6 Å². The molecule has 0 bridgehead atoms. The van der Waals surface area contributed by atoms with Gasteiger partial charge in [-0.1, -0.05) is 11.6 Å². The van der Waals surface area contributed by atoms with Crippen LogP contribution in [0.25, 0.3) is 10.9 Å². The van der Waals surface area contributed by atoms with Gasteiger partial charge in [0, 0.05) is 50.1 Å². The maximum Gasteiger partial charge on any atom is 0.248 e. The van der Waals surface area contributed by atoms with Crippen LogP contribution in [0.15, 0.2) is 24.4 Å². The van der Waals surface area contributed by atoms with E-state index < -0.39 is 18.2 Å². The molecule has 2 aliphatic heterocycles. The molecule has 6 atom stereocenters. The van der Waals surface area contributed by atoms with Crippen LogP contribution in [0.1, 0.15) is 44.2 Å². The van der Waals surface area contributed by atoms with Crippen molar-refractivity contribution in [1.82, 2.24) is 25.4 Å². The van der Waals surface area contributed by atoms with E-state index in [9.17, 15) is 14.4 Å². The van der Waals surface area contributed by atoms with Crippen LogP contribution in [0.2, 0.25) is 0 Å². The summed E-state index contributed by atoms with van der Waals surface area (Å²) in [7, 11) is 3.24. The van der Waals surface area contributed by atoms with E-state index in [0.29, 0.717) is 19.5 Å². The Labute approximate surface area is 206 Å². The number of carbonyl (C=O) groups is 3. The van der Waals surface area contributed by atoms with Crippen LogP contribution in [0.3, 0.4) is 0 Å². The van der Waals surface area contributed by atoms with Crippen molar-refractivity contribution in [2.24, 2.45) is 0 Å². The number of likely N-dealkylation sites (N-methyl/N-ethyl adjacent to an activating group) is 1. The fourth-order valence-electron chi connectivity index (χ4n) is 5.65. The predicted octanol–water partition coefficient (Wildman–Crippen LogP) is 1.52. The van der Waals surface area contributed by atoms with Crippen molar-refractivity contribution >= 4 is 28.6 Å². The third kappa shape index (κ3) is 4.54. The second kappa shape index (κ2) is 9.99. The molecular weight excluding hydrogens is 446 g/mol. The second-order valence-corrected chi connectivity index (χ2v) is 9.89. The van der Waals surface area contributed by atoms with E-state index in [4.69, 9.17) is 4.74 Å². The van der Waals surface area contributed by atoms with Gasteiger partial charge < -0.3 is 30.2 Å². The molecule has 1 aromatic heterocycles. The molecule has 1 aromatic carbocycles. The van der Waals surface area contributed by atoms with Crippen LogP contribution in [0, 0.1) is 6.92 Å². The van der Waals surface area contributed by atoms with Gasteiger partial charge in [0.1, 0.15) is 6.04 Å². The van der Waals surface area contributed by atoms with E-state index in [1.165, 1.54) is 7.11 Å². The fraction of sp³-hybridized carbons (Fsp3) is 0.577. The number of aryl methyl sites for hydroxylation is 1. The first-order chi connectivity index (χ1) is 16.7. The molecular formula is C26H37N5O4. The van der Waals surface area contributed by atoms with Crippen molar-refractivity contribution in [3.8, 4) is 0 Å². The number of nitrogens with zero attached hydrogens (tertiary/aromatic N) is 2. The van der Waals surface area contributed by atoms with Gasteiger partial charge in [0.15, 0.2) is 0 Å². The van der Waals surface area contributed by atoms with Crippen molar-refractivity contribution in [3.05, 3.63) is 35.5 Å². The quantitative estimate of drug-likeness (QED) is 0.554. The molecule has 9 heteroatoms. The minimum absolute atomic E-state index is 0.0192. The molecule has 3 amide bonds. The SMILES string of the molecule is CN[C@@H](C)C(=O)N[C@H](C(=O)N1CC[C@@H]2[C@H]1[C@@H](c1c[nH]c3ccc(C)cc13)CN2C(C)=O)[C@@H](C)OC. The largest absolute Gasteiger partial charge is 0.379 e. The zero-order valence-corrected chi connectivity index (χ0v) is 21.4. The molecule has 0 saturated carbocycles. The molecule has 2 saturated heterocycles. The van der Waals surface area contributed by atoms with E-state index in [2.05, 4.69) is 40.7 Å². The number of rotatable bonds is 7. The van der Waals surface area contributed by atoms with Gasteiger partial charge >= 0.3 is 0 Å². The van der Waals surface area contributed by atoms with Gasteiger partial charge in [-0.3, -0.25) is 14.4 Å². The number of fused-ring (bicyclic) bond motifs is 2. The zero-order chi connectivity index (χ0) is 25.4. The Hall–Kier alpha value is -2.91. The number of nitrogens with one attached hydrogen (secondary N) is 3. The van der Waals surface area contributed by atoms with Gasteiger partial charge in [-0.2, -0.15) is 0 Å². The molecule has 0 aliphatic carbocycles. The molecule has 0 spiro atoms. The summed E-state index contributed by atoms with van der Waals surface area (Å²) in [6.07, 6.45) is 2.22. The molecule has 0 radical (unpaired) electrons. The standard InChI is InChI=1S/C26H37N5O4/c1-14-7-8-21-18(11-14)19(12-28-21)20-13-31(17(4)32)22-9-10-30(24(20)22)26(34)23(16(3)35-6)29-25(33)15(2)27-5/h7-8,11-12,15-16,20,22-24,27-28H,9-10,13H2,1-6H3,(H,29,33)/t15-,16+,20+,22+,23-,24+/m0/s1. The molecule has 9 nitrogen and oxygen atoms in total. The number of ether oxygens (including phenoxy) is 1. The number of aromatic amines is 1. The highest BCUT2D eigenvalue weighted by Gasteiger charge is 2.53. The van der Waals surface area contributed by atoms with Crippen molar-refractivity contribution in [3.63, 3.8) is 0 Å². The van der Waals surface area contributed by atoms with E-state index in [1.54, 1.807) is 27.8 Å². The number of hydrogen-bond donors (Lipinski definition) is 3. The number of benzene rings is 1. The summed E-state index contributed by atoms with van der Waals surface area (Å²) in [5.74, 6) is -0.442. The lowest BCUT2D eigenvalue weighted by Crippen LogP contribution is -2.58. The lowest BCUT2D eigenvalue weighted by atomic mass is 9.90. The van der Waals surface area contributed by atoms with E-state index >= 15 is 0 Å². The zero-order valence-electron chi connectivity index (χ0n) is 21.4. The van der Waals surface area contributed by atoms with Crippen LogP contribution in [-0.4, -0.2) is 90.0 Å². The maximum atomic E-state index is 13.9. The first-order valence-electron chi connectivity index (χ1n) is 12.3.